The van der Waals surface area contributed by atoms with E-state index in [2.05, 4.69) is 5.48 Å². The maximum atomic E-state index is 4.83. The molecule has 0 aromatic heterocycles. The van der Waals surface area contributed by atoms with Gasteiger partial charge in [-0.05, 0) is 0 Å². The average Bonchev–Trinajstić information content (AvgIpc) is 1.90. The second-order valence-corrected chi connectivity index (χ2v) is 1.26. The Morgan fingerprint density at radius 3 is 3.57 bits per heavy atom. The molecule has 1 aliphatic rings. The van der Waals surface area contributed by atoms with Gasteiger partial charge in [0.2, 0.25) is 0 Å². The molecule has 1 radical (unpaired) electrons. The average molecular weight is 102 g/mol. The highest BCUT2D eigenvalue weighted by Gasteiger charge is 1.94. The van der Waals surface area contributed by atoms with Crippen molar-refractivity contribution >= 4 is 0 Å². The Bertz CT molecular complexity index is 29.3. The molecule has 0 amide bonds. The molecule has 1 aliphatic heterocycles. The molecule has 0 bridgehead atoms. The van der Waals surface area contributed by atoms with Crippen molar-refractivity contribution in [3.63, 3.8) is 0 Å². The Morgan fingerprint density at radius 1 is 1.57 bits per heavy atom. The minimum Gasteiger partial charge on any atom is -0.358 e. The van der Waals surface area contributed by atoms with Gasteiger partial charge in [0.1, 0.15) is 6.73 Å². The van der Waals surface area contributed by atoms with Crippen LogP contribution in [0.4, 0.5) is 0 Å². The Balaban J connectivity index is 2.04. The van der Waals surface area contributed by atoms with Crippen LogP contribution in [0.25, 0.3) is 0 Å². The number of rotatable bonds is 0. The molecular formula is C4H8NO2. The fraction of sp³-hybridized carbons (Fsp3) is 0.750. The van der Waals surface area contributed by atoms with Crippen molar-refractivity contribution in [3.8, 4) is 0 Å². The quantitative estimate of drug-likeness (QED) is 0.468. The van der Waals surface area contributed by atoms with Crippen LogP contribution in [0, 0.1) is 6.61 Å². The molecule has 0 saturated carbocycles. The third kappa shape index (κ3) is 1.87. The first-order chi connectivity index (χ1) is 3.50. The van der Waals surface area contributed by atoms with E-state index in [-0.39, 0.29) is 0 Å². The number of hydrogen-bond acceptors (Lipinski definition) is 3. The van der Waals surface area contributed by atoms with Gasteiger partial charge in [-0.3, -0.25) is 4.84 Å². The lowest BCUT2D eigenvalue weighted by Crippen LogP contribution is -2.13. The van der Waals surface area contributed by atoms with Gasteiger partial charge < -0.3 is 4.74 Å². The van der Waals surface area contributed by atoms with Crippen LogP contribution in [0.15, 0.2) is 0 Å². The van der Waals surface area contributed by atoms with Gasteiger partial charge in [0.05, 0.1) is 13.2 Å². The van der Waals surface area contributed by atoms with Crippen LogP contribution in [0.5, 0.6) is 0 Å². The molecule has 1 fully saturated rings. The molecule has 0 aliphatic carbocycles. The number of hydrogen-bond donors (Lipinski definition) is 1. The summed E-state index contributed by atoms with van der Waals surface area (Å²) in [5.74, 6) is 0. The topological polar surface area (TPSA) is 30.5 Å². The second-order valence-electron chi connectivity index (χ2n) is 1.26. The molecular weight excluding hydrogens is 94.0 g/mol. The fourth-order valence-electron chi connectivity index (χ4n) is 0.397. The lowest BCUT2D eigenvalue weighted by molar-refractivity contribution is 0.0150. The van der Waals surface area contributed by atoms with Crippen LogP contribution in [-0.4, -0.2) is 13.3 Å². The highest BCUT2D eigenvalue weighted by molar-refractivity contribution is 4.49. The van der Waals surface area contributed by atoms with E-state index >= 15 is 0 Å². The summed E-state index contributed by atoms with van der Waals surface area (Å²) >= 11 is 0. The number of nitrogens with one attached hydrogen (secondary N) is 1. The van der Waals surface area contributed by atoms with E-state index in [0.717, 1.165) is 6.42 Å². The SMILES string of the molecule is [CH]1CCONCO1. The zero-order valence-electron chi connectivity index (χ0n) is 4.02. The largest absolute Gasteiger partial charge is 0.358 e. The minimum absolute atomic E-state index is 0.472. The summed E-state index contributed by atoms with van der Waals surface area (Å²) in [7, 11) is 0. The predicted octanol–water partition coefficient (Wildman–Crippen LogP) is 0.0472. The van der Waals surface area contributed by atoms with Crippen LogP contribution in [-0.2, 0) is 9.57 Å². The summed E-state index contributed by atoms with van der Waals surface area (Å²) in [6, 6.07) is 0. The lowest BCUT2D eigenvalue weighted by Gasteiger charge is -1.94. The van der Waals surface area contributed by atoms with Gasteiger partial charge >= 0.3 is 0 Å². The van der Waals surface area contributed by atoms with E-state index in [1.54, 1.807) is 6.61 Å². The van der Waals surface area contributed by atoms with Crippen molar-refractivity contribution in [2.45, 2.75) is 6.42 Å². The standard InChI is InChI=1S/C4H8NO2/c1-2-6-4-5-7-3-1/h2,5H,1,3-4H2. The van der Waals surface area contributed by atoms with Gasteiger partial charge in [0.15, 0.2) is 0 Å². The maximum Gasteiger partial charge on any atom is 0.119 e. The van der Waals surface area contributed by atoms with E-state index in [1.807, 2.05) is 0 Å². The molecule has 0 atom stereocenters. The van der Waals surface area contributed by atoms with Crippen molar-refractivity contribution in [1.29, 1.82) is 0 Å². The molecule has 0 spiro atoms. The van der Waals surface area contributed by atoms with E-state index in [9.17, 15) is 0 Å². The van der Waals surface area contributed by atoms with Crippen molar-refractivity contribution in [1.82, 2.24) is 5.48 Å². The molecule has 1 rings (SSSR count). The highest BCUT2D eigenvalue weighted by Crippen LogP contribution is 1.91. The molecule has 1 heterocycles. The minimum atomic E-state index is 0.472. The highest BCUT2D eigenvalue weighted by atomic mass is 16.7. The first-order valence-electron chi connectivity index (χ1n) is 2.28. The Hall–Kier alpha value is -0.120. The summed E-state index contributed by atoms with van der Waals surface area (Å²) < 4.78 is 4.83. The monoisotopic (exact) mass is 102 g/mol. The first-order valence-corrected chi connectivity index (χ1v) is 2.28. The summed E-state index contributed by atoms with van der Waals surface area (Å²) in [6.45, 7) is 2.92. The summed E-state index contributed by atoms with van der Waals surface area (Å²) in [6.07, 6.45) is 0.868. The van der Waals surface area contributed by atoms with Crippen molar-refractivity contribution < 1.29 is 9.57 Å². The molecule has 3 heteroatoms. The van der Waals surface area contributed by atoms with E-state index in [4.69, 9.17) is 9.57 Å². The Kier molecular flexibility index (Phi) is 2.12. The van der Waals surface area contributed by atoms with Crippen LogP contribution in [0.1, 0.15) is 6.42 Å². The normalized spacial score (nSPS) is 24.0. The molecule has 1 N–H and O–H groups in total. The number of hydroxylamine groups is 1. The van der Waals surface area contributed by atoms with E-state index in [0.29, 0.717) is 13.3 Å². The zero-order chi connectivity index (χ0) is 4.95. The van der Waals surface area contributed by atoms with Crippen molar-refractivity contribution in [3.05, 3.63) is 6.61 Å². The summed E-state index contributed by atoms with van der Waals surface area (Å²) in [4.78, 5) is 4.79. The summed E-state index contributed by atoms with van der Waals surface area (Å²) in [5, 5.41) is 0. The van der Waals surface area contributed by atoms with Gasteiger partial charge in [0.25, 0.3) is 0 Å². The van der Waals surface area contributed by atoms with Crippen LogP contribution >= 0.6 is 0 Å². The number of ether oxygens (including phenoxy) is 1. The fourth-order valence-corrected chi connectivity index (χ4v) is 0.397. The molecule has 7 heavy (non-hydrogen) atoms. The molecule has 1 saturated heterocycles. The predicted molar refractivity (Wildman–Crippen MR) is 24.0 cm³/mol. The van der Waals surface area contributed by atoms with Gasteiger partial charge in [-0.15, -0.1) is 0 Å². The smallest absolute Gasteiger partial charge is 0.119 e. The third-order valence-corrected chi connectivity index (χ3v) is 0.700. The van der Waals surface area contributed by atoms with Crippen LogP contribution < -0.4 is 5.48 Å². The van der Waals surface area contributed by atoms with Gasteiger partial charge in [-0.25, -0.2) is 0 Å². The van der Waals surface area contributed by atoms with Gasteiger partial charge in [-0.1, -0.05) is 0 Å². The summed E-state index contributed by atoms with van der Waals surface area (Å²) in [5.41, 5.74) is 2.59. The van der Waals surface area contributed by atoms with Crippen molar-refractivity contribution in [2.24, 2.45) is 0 Å². The van der Waals surface area contributed by atoms with Gasteiger partial charge in [0, 0.05) is 6.42 Å². The van der Waals surface area contributed by atoms with Gasteiger partial charge in [-0.2, -0.15) is 5.48 Å². The molecule has 3 nitrogen and oxygen atoms in total. The zero-order valence-corrected chi connectivity index (χ0v) is 4.02. The molecule has 0 unspecified atom stereocenters. The van der Waals surface area contributed by atoms with E-state index < -0.39 is 0 Å². The molecule has 0 aromatic carbocycles. The second kappa shape index (κ2) is 2.96. The Labute approximate surface area is 42.6 Å². The first kappa shape index (κ1) is 5.03. The third-order valence-electron chi connectivity index (χ3n) is 0.700. The van der Waals surface area contributed by atoms with E-state index in [1.165, 1.54) is 0 Å². The lowest BCUT2D eigenvalue weighted by atomic mass is 10.5. The molecule has 0 aromatic rings. The van der Waals surface area contributed by atoms with Crippen LogP contribution in [0.2, 0.25) is 0 Å². The maximum absolute atomic E-state index is 4.83. The Morgan fingerprint density at radius 2 is 2.57 bits per heavy atom. The van der Waals surface area contributed by atoms with Crippen LogP contribution in [0.3, 0.4) is 0 Å². The molecule has 41 valence electrons. The van der Waals surface area contributed by atoms with Crippen molar-refractivity contribution in [2.75, 3.05) is 13.3 Å².